The Kier molecular flexibility index (Phi) is 3.32. The number of nitrogens with zero attached hydrogens (tertiary/aromatic N) is 4. The molecule has 9 heteroatoms. The molecule has 0 bridgehead atoms. The van der Waals surface area contributed by atoms with E-state index in [1.54, 1.807) is 13.0 Å². The van der Waals surface area contributed by atoms with Gasteiger partial charge in [0, 0.05) is 24.5 Å². The average molecular weight is 290 g/mol. The third-order valence-corrected chi connectivity index (χ3v) is 3.18. The molecule has 110 valence electrons. The van der Waals surface area contributed by atoms with E-state index in [0.29, 0.717) is 5.69 Å². The number of hydrogen-bond donors (Lipinski definition) is 1. The topological polar surface area (TPSA) is 70.7 Å². The summed E-state index contributed by atoms with van der Waals surface area (Å²) in [7, 11) is 0. The molecule has 0 aliphatic carbocycles. The number of aromatic nitrogens is 2. The summed E-state index contributed by atoms with van der Waals surface area (Å²) < 4.78 is 40.0. The molecule has 1 amide bonds. The van der Waals surface area contributed by atoms with Crippen LogP contribution in [-0.4, -0.2) is 43.9 Å². The molecule has 2 unspecified atom stereocenters. The van der Waals surface area contributed by atoms with Gasteiger partial charge >= 0.3 is 6.18 Å². The Morgan fingerprint density at radius 2 is 2.20 bits per heavy atom. The van der Waals surface area contributed by atoms with E-state index in [1.165, 1.54) is 17.8 Å². The summed E-state index contributed by atoms with van der Waals surface area (Å²) in [5, 5.41) is 17.0. The monoisotopic (exact) mass is 290 g/mol. The number of aliphatic hydroxyl groups is 1. The van der Waals surface area contributed by atoms with Crippen LogP contribution in [0.25, 0.3) is 0 Å². The largest absolute Gasteiger partial charge is 0.438 e. The fourth-order valence-corrected chi connectivity index (χ4v) is 1.97. The summed E-state index contributed by atoms with van der Waals surface area (Å²) >= 11 is 0. The van der Waals surface area contributed by atoms with E-state index >= 15 is 0 Å². The van der Waals surface area contributed by atoms with Crippen molar-refractivity contribution in [2.75, 3.05) is 0 Å². The molecule has 0 fully saturated rings. The van der Waals surface area contributed by atoms with Gasteiger partial charge in [0.2, 0.25) is 0 Å². The van der Waals surface area contributed by atoms with Gasteiger partial charge in [-0.05, 0) is 19.9 Å². The van der Waals surface area contributed by atoms with Crippen LogP contribution in [0.5, 0.6) is 0 Å². The predicted molar refractivity (Wildman–Crippen MR) is 62.6 cm³/mol. The maximum absolute atomic E-state index is 12.9. The summed E-state index contributed by atoms with van der Waals surface area (Å²) in [5.41, 5.74) is -2.68. The minimum Gasteiger partial charge on any atom is -0.362 e. The molecule has 2 atom stereocenters. The van der Waals surface area contributed by atoms with Gasteiger partial charge in [-0.25, -0.2) is 0 Å². The van der Waals surface area contributed by atoms with Crippen LogP contribution >= 0.6 is 0 Å². The Balaban J connectivity index is 2.29. The zero-order valence-corrected chi connectivity index (χ0v) is 10.8. The maximum Gasteiger partial charge on any atom is 0.438 e. The quantitative estimate of drug-likeness (QED) is 0.890. The second-order valence-corrected chi connectivity index (χ2v) is 4.56. The van der Waals surface area contributed by atoms with E-state index in [1.807, 2.05) is 0 Å². The Morgan fingerprint density at radius 1 is 1.55 bits per heavy atom. The van der Waals surface area contributed by atoms with Crippen LogP contribution in [0, 0.1) is 6.92 Å². The van der Waals surface area contributed by atoms with Crippen molar-refractivity contribution in [3.05, 3.63) is 18.0 Å². The number of hydrogen-bond acceptors (Lipinski definition) is 4. The van der Waals surface area contributed by atoms with Crippen molar-refractivity contribution in [1.82, 2.24) is 14.8 Å². The molecule has 1 aromatic heterocycles. The van der Waals surface area contributed by atoms with Crippen LogP contribution in [-0.2, 0) is 4.79 Å². The van der Waals surface area contributed by atoms with E-state index in [-0.39, 0.29) is 5.01 Å². The smallest absolute Gasteiger partial charge is 0.362 e. The first-order valence-corrected chi connectivity index (χ1v) is 5.84. The van der Waals surface area contributed by atoms with Crippen molar-refractivity contribution in [3.63, 3.8) is 0 Å². The molecular formula is C11H13F3N4O2. The molecule has 0 aromatic carbocycles. The first kappa shape index (κ1) is 14.5. The molecule has 1 aromatic rings. The molecule has 1 aliphatic rings. The lowest BCUT2D eigenvalue weighted by molar-refractivity contribution is -0.302. The molecule has 0 saturated heterocycles. The molecule has 6 nitrogen and oxygen atoms in total. The van der Waals surface area contributed by atoms with Gasteiger partial charge in [-0.1, -0.05) is 0 Å². The fourth-order valence-electron chi connectivity index (χ4n) is 1.97. The zero-order valence-electron chi connectivity index (χ0n) is 10.8. The van der Waals surface area contributed by atoms with E-state index in [2.05, 4.69) is 10.2 Å². The molecule has 1 aliphatic heterocycles. The molecule has 2 heterocycles. The number of aryl methyl sites for hydroxylation is 1. The molecule has 0 radical (unpaired) electrons. The van der Waals surface area contributed by atoms with Crippen molar-refractivity contribution in [2.45, 2.75) is 38.2 Å². The van der Waals surface area contributed by atoms with Crippen molar-refractivity contribution < 1.29 is 23.1 Å². The number of amides is 1. The number of carbonyl (C=O) groups excluding carboxylic acids is 1. The normalized spacial score (nSPS) is 24.2. The number of carbonyl (C=O) groups is 1. The van der Waals surface area contributed by atoms with Gasteiger partial charge in [0.1, 0.15) is 6.04 Å². The summed E-state index contributed by atoms with van der Waals surface area (Å²) in [6, 6.07) is 0.613. The second-order valence-electron chi connectivity index (χ2n) is 4.56. The van der Waals surface area contributed by atoms with Crippen molar-refractivity contribution in [2.24, 2.45) is 5.10 Å². The highest BCUT2D eigenvalue weighted by atomic mass is 19.4. The summed E-state index contributed by atoms with van der Waals surface area (Å²) in [6.45, 7) is 3.06. The van der Waals surface area contributed by atoms with Gasteiger partial charge in [0.15, 0.2) is 0 Å². The molecule has 2 rings (SSSR count). The lowest BCUT2D eigenvalue weighted by atomic mass is 10.1. The highest BCUT2D eigenvalue weighted by Crippen LogP contribution is 2.39. The number of rotatable bonds is 2. The summed E-state index contributed by atoms with van der Waals surface area (Å²) in [4.78, 5) is 12.1. The van der Waals surface area contributed by atoms with Crippen LogP contribution in [0.1, 0.15) is 25.1 Å². The van der Waals surface area contributed by atoms with E-state index in [9.17, 15) is 23.1 Å². The first-order chi connectivity index (χ1) is 9.18. The molecule has 1 N–H and O–H groups in total. The SMILES string of the molecule is Cc1ccnn1C(C)C(=O)N1N=CCC1(O)C(F)(F)F. The summed E-state index contributed by atoms with van der Waals surface area (Å²) in [6.07, 6.45) is -3.47. The van der Waals surface area contributed by atoms with Crippen molar-refractivity contribution in [1.29, 1.82) is 0 Å². The third kappa shape index (κ3) is 2.07. The lowest BCUT2D eigenvalue weighted by Crippen LogP contribution is -2.57. The van der Waals surface area contributed by atoms with Gasteiger partial charge in [-0.3, -0.25) is 9.48 Å². The van der Waals surface area contributed by atoms with Crippen molar-refractivity contribution in [3.8, 4) is 0 Å². The Bertz CT molecular complexity index is 554. The fraction of sp³-hybridized carbons (Fsp3) is 0.545. The van der Waals surface area contributed by atoms with Crippen LogP contribution < -0.4 is 0 Å². The molecule has 0 saturated carbocycles. The van der Waals surface area contributed by atoms with Crippen LogP contribution in [0.15, 0.2) is 17.4 Å². The minimum atomic E-state index is -4.99. The van der Waals surface area contributed by atoms with Crippen LogP contribution in [0.2, 0.25) is 0 Å². The van der Waals surface area contributed by atoms with E-state index < -0.39 is 30.3 Å². The maximum atomic E-state index is 12.9. The van der Waals surface area contributed by atoms with Gasteiger partial charge in [0.05, 0.1) is 0 Å². The van der Waals surface area contributed by atoms with Gasteiger partial charge < -0.3 is 5.11 Å². The lowest BCUT2D eigenvalue weighted by Gasteiger charge is -2.34. The van der Waals surface area contributed by atoms with Crippen LogP contribution in [0.4, 0.5) is 13.2 Å². The summed E-state index contributed by atoms with van der Waals surface area (Å²) in [5.74, 6) is -0.981. The van der Waals surface area contributed by atoms with Gasteiger partial charge in [0.25, 0.3) is 11.6 Å². The van der Waals surface area contributed by atoms with Crippen molar-refractivity contribution >= 4 is 12.1 Å². The Hall–Kier alpha value is -1.90. The number of alkyl halides is 3. The number of hydrazone groups is 1. The molecular weight excluding hydrogens is 277 g/mol. The van der Waals surface area contributed by atoms with Gasteiger partial charge in [-0.2, -0.15) is 28.4 Å². The average Bonchev–Trinajstić information content (AvgIpc) is 2.93. The molecule has 20 heavy (non-hydrogen) atoms. The highest BCUT2D eigenvalue weighted by molar-refractivity contribution is 5.83. The predicted octanol–water partition coefficient (Wildman–Crippen LogP) is 1.22. The van der Waals surface area contributed by atoms with Crippen LogP contribution in [0.3, 0.4) is 0 Å². The highest BCUT2D eigenvalue weighted by Gasteiger charge is 2.62. The first-order valence-electron chi connectivity index (χ1n) is 5.84. The van der Waals surface area contributed by atoms with E-state index in [0.717, 1.165) is 6.21 Å². The van der Waals surface area contributed by atoms with E-state index in [4.69, 9.17) is 0 Å². The Morgan fingerprint density at radius 3 is 2.70 bits per heavy atom. The molecule has 0 spiro atoms. The standard InChI is InChI=1S/C11H13F3N4O2/c1-7-3-5-15-17(7)8(2)9(19)18-10(20,4-6-16-18)11(12,13)14/h3,5-6,8,20H,4H2,1-2H3. The number of halogens is 3. The second kappa shape index (κ2) is 4.58. The zero-order chi connectivity index (χ0) is 15.1. The minimum absolute atomic E-state index is 0.0821. The Labute approximate surface area is 112 Å². The third-order valence-electron chi connectivity index (χ3n) is 3.18. The van der Waals surface area contributed by atoms with Gasteiger partial charge in [-0.15, -0.1) is 0 Å².